The van der Waals surface area contributed by atoms with E-state index < -0.39 is 0 Å². The lowest BCUT2D eigenvalue weighted by Crippen LogP contribution is -2.31. The van der Waals surface area contributed by atoms with Crippen molar-refractivity contribution in [3.63, 3.8) is 0 Å². The number of nitrogens with zero attached hydrogens (tertiary/aromatic N) is 1. The maximum Gasteiger partial charge on any atom is 0.00356 e. The van der Waals surface area contributed by atoms with Crippen molar-refractivity contribution < 1.29 is 0 Å². The van der Waals surface area contributed by atoms with Crippen LogP contribution in [0.4, 0.5) is 0 Å². The molecule has 0 amide bonds. The lowest BCUT2D eigenvalue weighted by atomic mass is 9.97. The molecule has 0 saturated carbocycles. The zero-order valence-electron chi connectivity index (χ0n) is 9.88. The van der Waals surface area contributed by atoms with Crippen LogP contribution in [-0.2, 0) is 0 Å². The Balaban J connectivity index is 3.67. The zero-order chi connectivity index (χ0) is 10.4. The van der Waals surface area contributed by atoms with Gasteiger partial charge in [-0.15, -0.1) is 0 Å². The van der Waals surface area contributed by atoms with Crippen LogP contribution in [-0.4, -0.2) is 31.1 Å². The standard InChI is InChI=1S/C11H26N2/c1-9(2)13(5)8-11(4)6-10(3)7-12/h9-11H,6-8,12H2,1-5H3. The highest BCUT2D eigenvalue weighted by Gasteiger charge is 2.11. The number of hydrogen-bond donors (Lipinski definition) is 1. The van der Waals surface area contributed by atoms with Gasteiger partial charge in [-0.2, -0.15) is 0 Å². The lowest BCUT2D eigenvalue weighted by Gasteiger charge is -2.26. The van der Waals surface area contributed by atoms with E-state index in [-0.39, 0.29) is 0 Å². The second-order valence-corrected chi connectivity index (χ2v) is 4.72. The van der Waals surface area contributed by atoms with Crippen LogP contribution in [0.1, 0.15) is 34.1 Å². The van der Waals surface area contributed by atoms with E-state index in [9.17, 15) is 0 Å². The third kappa shape index (κ3) is 6.05. The summed E-state index contributed by atoms with van der Waals surface area (Å²) in [5.41, 5.74) is 5.60. The van der Waals surface area contributed by atoms with Gasteiger partial charge in [0.2, 0.25) is 0 Å². The quantitative estimate of drug-likeness (QED) is 0.687. The molecule has 0 saturated heterocycles. The summed E-state index contributed by atoms with van der Waals surface area (Å²) in [7, 11) is 2.19. The normalized spacial score (nSPS) is 16.6. The summed E-state index contributed by atoms with van der Waals surface area (Å²) in [6, 6.07) is 0.649. The second-order valence-electron chi connectivity index (χ2n) is 4.72. The Bertz CT molecular complexity index is 123. The van der Waals surface area contributed by atoms with Gasteiger partial charge in [-0.3, -0.25) is 0 Å². The average molecular weight is 186 g/mol. The predicted octanol–water partition coefficient (Wildman–Crippen LogP) is 1.95. The van der Waals surface area contributed by atoms with Gasteiger partial charge in [0.05, 0.1) is 0 Å². The van der Waals surface area contributed by atoms with Crippen molar-refractivity contribution in [2.24, 2.45) is 17.6 Å². The highest BCUT2D eigenvalue weighted by Crippen LogP contribution is 2.12. The van der Waals surface area contributed by atoms with Gasteiger partial charge in [0.1, 0.15) is 0 Å². The minimum Gasteiger partial charge on any atom is -0.330 e. The molecule has 0 heterocycles. The largest absolute Gasteiger partial charge is 0.330 e. The molecule has 2 heteroatoms. The first-order chi connectivity index (χ1) is 5.97. The summed E-state index contributed by atoms with van der Waals surface area (Å²) in [5.74, 6) is 1.42. The van der Waals surface area contributed by atoms with E-state index in [1.54, 1.807) is 0 Å². The van der Waals surface area contributed by atoms with Crippen molar-refractivity contribution in [1.29, 1.82) is 0 Å². The first-order valence-electron chi connectivity index (χ1n) is 5.37. The summed E-state index contributed by atoms with van der Waals surface area (Å²) < 4.78 is 0. The Morgan fingerprint density at radius 3 is 2.00 bits per heavy atom. The summed E-state index contributed by atoms with van der Waals surface area (Å²) in [5, 5.41) is 0. The molecule has 2 N–H and O–H groups in total. The van der Waals surface area contributed by atoms with E-state index in [4.69, 9.17) is 5.73 Å². The highest BCUT2D eigenvalue weighted by atomic mass is 15.1. The van der Waals surface area contributed by atoms with Crippen LogP contribution < -0.4 is 5.73 Å². The zero-order valence-corrected chi connectivity index (χ0v) is 9.88. The first-order valence-corrected chi connectivity index (χ1v) is 5.37. The van der Waals surface area contributed by atoms with E-state index in [1.807, 2.05) is 0 Å². The molecule has 2 nitrogen and oxygen atoms in total. The molecule has 80 valence electrons. The van der Waals surface area contributed by atoms with Crippen LogP contribution in [0, 0.1) is 11.8 Å². The molecule has 0 bridgehead atoms. The van der Waals surface area contributed by atoms with Crippen molar-refractivity contribution in [3.05, 3.63) is 0 Å². The van der Waals surface area contributed by atoms with E-state index in [1.165, 1.54) is 13.0 Å². The smallest absolute Gasteiger partial charge is 0.00356 e. The summed E-state index contributed by atoms with van der Waals surface area (Å²) >= 11 is 0. The summed E-state index contributed by atoms with van der Waals surface area (Å²) in [4.78, 5) is 2.40. The van der Waals surface area contributed by atoms with Gasteiger partial charge in [0.15, 0.2) is 0 Å². The molecule has 0 rings (SSSR count). The molecule has 2 unspecified atom stereocenters. The lowest BCUT2D eigenvalue weighted by molar-refractivity contribution is 0.221. The van der Waals surface area contributed by atoms with Crippen LogP contribution in [0.2, 0.25) is 0 Å². The minimum atomic E-state index is 0.649. The molecule has 0 fully saturated rings. The highest BCUT2D eigenvalue weighted by molar-refractivity contribution is 4.65. The van der Waals surface area contributed by atoms with Crippen molar-refractivity contribution >= 4 is 0 Å². The molecular weight excluding hydrogens is 160 g/mol. The fraction of sp³-hybridized carbons (Fsp3) is 1.00. The van der Waals surface area contributed by atoms with Gasteiger partial charge in [-0.05, 0) is 45.7 Å². The summed E-state index contributed by atoms with van der Waals surface area (Å²) in [6.07, 6.45) is 1.24. The molecule has 2 atom stereocenters. The van der Waals surface area contributed by atoms with Crippen LogP contribution in [0.3, 0.4) is 0 Å². The van der Waals surface area contributed by atoms with Crippen LogP contribution in [0.5, 0.6) is 0 Å². The Morgan fingerprint density at radius 1 is 1.08 bits per heavy atom. The molecular formula is C11H26N2. The molecule has 0 aromatic carbocycles. The van der Waals surface area contributed by atoms with Gasteiger partial charge in [-0.1, -0.05) is 13.8 Å². The van der Waals surface area contributed by atoms with Crippen molar-refractivity contribution in [2.75, 3.05) is 20.1 Å². The Kier molecular flexibility index (Phi) is 6.35. The average Bonchev–Trinajstić information content (AvgIpc) is 2.03. The molecule has 0 aliphatic carbocycles. The number of hydrogen-bond acceptors (Lipinski definition) is 2. The van der Waals surface area contributed by atoms with Crippen molar-refractivity contribution in [1.82, 2.24) is 4.90 Å². The van der Waals surface area contributed by atoms with Crippen molar-refractivity contribution in [3.8, 4) is 0 Å². The van der Waals surface area contributed by atoms with E-state index >= 15 is 0 Å². The monoisotopic (exact) mass is 186 g/mol. The predicted molar refractivity (Wildman–Crippen MR) is 59.8 cm³/mol. The van der Waals surface area contributed by atoms with Crippen LogP contribution >= 0.6 is 0 Å². The minimum absolute atomic E-state index is 0.649. The van der Waals surface area contributed by atoms with Gasteiger partial charge in [0, 0.05) is 12.6 Å². The molecule has 0 aromatic heterocycles. The van der Waals surface area contributed by atoms with E-state index in [2.05, 4.69) is 39.6 Å². The SMILES string of the molecule is CC(CN)CC(C)CN(C)C(C)C. The van der Waals surface area contributed by atoms with Gasteiger partial charge in [0.25, 0.3) is 0 Å². The Labute approximate surface area is 83.5 Å². The second kappa shape index (κ2) is 6.39. The van der Waals surface area contributed by atoms with Gasteiger partial charge >= 0.3 is 0 Å². The fourth-order valence-corrected chi connectivity index (χ4v) is 1.56. The third-order valence-corrected chi connectivity index (χ3v) is 2.69. The molecule has 0 aliphatic rings. The Morgan fingerprint density at radius 2 is 1.62 bits per heavy atom. The van der Waals surface area contributed by atoms with Crippen molar-refractivity contribution in [2.45, 2.75) is 40.2 Å². The van der Waals surface area contributed by atoms with Crippen LogP contribution in [0.25, 0.3) is 0 Å². The molecule has 0 radical (unpaired) electrons. The molecule has 0 aliphatic heterocycles. The van der Waals surface area contributed by atoms with Gasteiger partial charge in [-0.25, -0.2) is 0 Å². The third-order valence-electron chi connectivity index (χ3n) is 2.69. The fourth-order valence-electron chi connectivity index (χ4n) is 1.56. The number of rotatable bonds is 6. The van der Waals surface area contributed by atoms with Gasteiger partial charge < -0.3 is 10.6 Å². The molecule has 0 aromatic rings. The molecule has 13 heavy (non-hydrogen) atoms. The number of nitrogens with two attached hydrogens (primary N) is 1. The topological polar surface area (TPSA) is 29.3 Å². The van der Waals surface area contributed by atoms with E-state index in [0.717, 1.165) is 12.5 Å². The molecule has 0 spiro atoms. The maximum atomic E-state index is 5.60. The first kappa shape index (κ1) is 12.9. The van der Waals surface area contributed by atoms with Crippen LogP contribution in [0.15, 0.2) is 0 Å². The maximum absolute atomic E-state index is 5.60. The summed E-state index contributed by atoms with van der Waals surface area (Å²) in [6.45, 7) is 11.0. The van der Waals surface area contributed by atoms with E-state index in [0.29, 0.717) is 12.0 Å². The Hall–Kier alpha value is -0.0800.